The Labute approximate surface area is 139 Å². The van der Waals surface area contributed by atoms with Gasteiger partial charge < -0.3 is 5.32 Å². The van der Waals surface area contributed by atoms with Crippen molar-refractivity contribution in [1.82, 2.24) is 9.62 Å². The van der Waals surface area contributed by atoms with E-state index in [1.165, 1.54) is 16.4 Å². The van der Waals surface area contributed by atoms with Crippen molar-refractivity contribution in [2.75, 3.05) is 13.1 Å². The molecule has 1 atom stereocenters. The van der Waals surface area contributed by atoms with Gasteiger partial charge >= 0.3 is 0 Å². The zero-order chi connectivity index (χ0) is 16.4. The first kappa shape index (κ1) is 16.0. The van der Waals surface area contributed by atoms with E-state index in [1.54, 1.807) is 42.5 Å². The van der Waals surface area contributed by atoms with E-state index in [-0.39, 0.29) is 23.9 Å². The second-order valence-corrected chi connectivity index (χ2v) is 7.44. The molecule has 0 spiro atoms. The predicted octanol–water partition coefficient (Wildman–Crippen LogP) is 2.20. The number of hydrogen-bond acceptors (Lipinski definition) is 3. The van der Waals surface area contributed by atoms with E-state index in [1.807, 2.05) is 0 Å². The third-order valence-electron chi connectivity index (χ3n) is 3.72. The fourth-order valence-corrected chi connectivity index (χ4v) is 4.46. The number of rotatable bonds is 3. The number of nitrogens with one attached hydrogen (secondary N) is 1. The van der Waals surface area contributed by atoms with Gasteiger partial charge in [0.15, 0.2) is 0 Å². The maximum Gasteiger partial charge on any atom is 0.244 e. The van der Waals surface area contributed by atoms with Gasteiger partial charge in [-0.2, -0.15) is 4.31 Å². The van der Waals surface area contributed by atoms with E-state index in [9.17, 15) is 13.2 Å². The van der Waals surface area contributed by atoms with Crippen LogP contribution < -0.4 is 5.32 Å². The number of piperazine rings is 1. The van der Waals surface area contributed by atoms with Crippen molar-refractivity contribution in [3.63, 3.8) is 0 Å². The van der Waals surface area contributed by atoms with Gasteiger partial charge in [-0.05, 0) is 23.8 Å². The Hall–Kier alpha value is -1.89. The maximum absolute atomic E-state index is 12.9. The van der Waals surface area contributed by atoms with Crippen molar-refractivity contribution in [3.05, 3.63) is 65.2 Å². The lowest BCUT2D eigenvalue weighted by molar-refractivity contribution is -0.126. The van der Waals surface area contributed by atoms with Crippen LogP contribution in [0.25, 0.3) is 0 Å². The molecule has 120 valence electrons. The van der Waals surface area contributed by atoms with Crippen LogP contribution in [0.1, 0.15) is 11.6 Å². The largest absolute Gasteiger partial charge is 0.353 e. The lowest BCUT2D eigenvalue weighted by Gasteiger charge is -2.34. The van der Waals surface area contributed by atoms with Gasteiger partial charge in [0.2, 0.25) is 15.9 Å². The normalized spacial score (nSPS) is 19.3. The highest BCUT2D eigenvalue weighted by Crippen LogP contribution is 2.33. The summed E-state index contributed by atoms with van der Waals surface area (Å²) in [6, 6.07) is 13.9. The minimum atomic E-state index is -3.80. The lowest BCUT2D eigenvalue weighted by Crippen LogP contribution is -2.52. The number of carbonyl (C=O) groups is 1. The minimum Gasteiger partial charge on any atom is -0.353 e. The van der Waals surface area contributed by atoms with Gasteiger partial charge in [0.25, 0.3) is 0 Å². The molecule has 1 aliphatic heterocycles. The zero-order valence-electron chi connectivity index (χ0n) is 12.1. The number of hydrogen-bond donors (Lipinski definition) is 1. The maximum atomic E-state index is 12.9. The van der Waals surface area contributed by atoms with E-state index in [0.717, 1.165) is 0 Å². The fourth-order valence-electron chi connectivity index (χ4n) is 2.63. The van der Waals surface area contributed by atoms with Crippen LogP contribution in [0.15, 0.2) is 59.5 Å². The number of carbonyl (C=O) groups excluding carboxylic acids is 1. The molecule has 0 aromatic heterocycles. The third-order valence-corrected chi connectivity index (χ3v) is 5.94. The molecule has 5 nitrogen and oxygen atoms in total. The summed E-state index contributed by atoms with van der Waals surface area (Å²) >= 11 is 6.18. The van der Waals surface area contributed by atoms with Crippen LogP contribution in [0.2, 0.25) is 5.02 Å². The highest BCUT2D eigenvalue weighted by Gasteiger charge is 2.40. The first-order valence-corrected chi connectivity index (χ1v) is 8.92. The molecule has 1 fully saturated rings. The van der Waals surface area contributed by atoms with Gasteiger partial charge in [-0.25, -0.2) is 8.42 Å². The standard InChI is InChI=1S/C16H15ClN2O3S/c17-14-9-5-4-8-13(14)15-16(20)18-10-11-19(15)23(21,22)12-6-2-1-3-7-12/h1-9,15H,10-11H2,(H,18,20). The molecule has 2 aromatic carbocycles. The Bertz CT molecular complexity index is 824. The summed E-state index contributed by atoms with van der Waals surface area (Å²) in [4.78, 5) is 12.5. The Kier molecular flexibility index (Phi) is 4.39. The second-order valence-electron chi connectivity index (χ2n) is 5.14. The zero-order valence-corrected chi connectivity index (χ0v) is 13.7. The molecule has 1 saturated heterocycles. The Morgan fingerprint density at radius 1 is 1.04 bits per heavy atom. The minimum absolute atomic E-state index is 0.159. The Balaban J connectivity index is 2.09. The van der Waals surface area contributed by atoms with E-state index in [4.69, 9.17) is 11.6 Å². The number of sulfonamides is 1. The van der Waals surface area contributed by atoms with Gasteiger partial charge in [0, 0.05) is 18.1 Å². The van der Waals surface area contributed by atoms with Crippen molar-refractivity contribution < 1.29 is 13.2 Å². The lowest BCUT2D eigenvalue weighted by atomic mass is 10.0. The number of nitrogens with zero attached hydrogens (tertiary/aromatic N) is 1. The van der Waals surface area contributed by atoms with Crippen LogP contribution in [-0.4, -0.2) is 31.7 Å². The predicted molar refractivity (Wildman–Crippen MR) is 87.5 cm³/mol. The Morgan fingerprint density at radius 2 is 1.70 bits per heavy atom. The monoisotopic (exact) mass is 350 g/mol. The number of amides is 1. The summed E-state index contributed by atoms with van der Waals surface area (Å²) in [5.74, 6) is -0.371. The van der Waals surface area contributed by atoms with Crippen molar-refractivity contribution in [2.45, 2.75) is 10.9 Å². The average Bonchev–Trinajstić information content (AvgIpc) is 2.56. The molecule has 1 N–H and O–H groups in total. The van der Waals surface area contributed by atoms with E-state index >= 15 is 0 Å². The summed E-state index contributed by atoms with van der Waals surface area (Å²) in [6.07, 6.45) is 0. The molecule has 0 radical (unpaired) electrons. The summed E-state index contributed by atoms with van der Waals surface area (Å²) in [5, 5.41) is 3.07. The highest BCUT2D eigenvalue weighted by atomic mass is 35.5. The molecule has 23 heavy (non-hydrogen) atoms. The number of benzene rings is 2. The average molecular weight is 351 g/mol. The highest BCUT2D eigenvalue weighted by molar-refractivity contribution is 7.89. The smallest absolute Gasteiger partial charge is 0.244 e. The van der Waals surface area contributed by atoms with Crippen LogP contribution in [0, 0.1) is 0 Å². The molecule has 0 bridgehead atoms. The van der Waals surface area contributed by atoms with Gasteiger partial charge in [-0.1, -0.05) is 48.0 Å². The molecular formula is C16H15ClN2O3S. The molecule has 0 aliphatic carbocycles. The van der Waals surface area contributed by atoms with Crippen LogP contribution in [0.4, 0.5) is 0 Å². The van der Waals surface area contributed by atoms with E-state index in [2.05, 4.69) is 5.32 Å². The molecule has 1 heterocycles. The van der Waals surface area contributed by atoms with Gasteiger partial charge in [-0.15, -0.1) is 0 Å². The van der Waals surface area contributed by atoms with Gasteiger partial charge in [0.05, 0.1) is 4.90 Å². The molecule has 7 heteroatoms. The van der Waals surface area contributed by atoms with E-state index < -0.39 is 16.1 Å². The molecule has 1 unspecified atom stereocenters. The molecule has 3 rings (SSSR count). The SMILES string of the molecule is O=C1NCCN(S(=O)(=O)c2ccccc2)C1c1ccccc1Cl. The molecule has 0 saturated carbocycles. The van der Waals surface area contributed by atoms with Gasteiger partial charge in [-0.3, -0.25) is 4.79 Å². The number of halogens is 1. The fraction of sp³-hybridized carbons (Fsp3) is 0.188. The summed E-state index contributed by atoms with van der Waals surface area (Å²) in [6.45, 7) is 0.463. The summed E-state index contributed by atoms with van der Waals surface area (Å²) in [5.41, 5.74) is 0.478. The van der Waals surface area contributed by atoms with E-state index in [0.29, 0.717) is 10.6 Å². The first-order chi connectivity index (χ1) is 11.0. The van der Waals surface area contributed by atoms with Crippen LogP contribution in [-0.2, 0) is 14.8 Å². The Morgan fingerprint density at radius 3 is 2.39 bits per heavy atom. The van der Waals surface area contributed by atoms with Crippen molar-refractivity contribution in [3.8, 4) is 0 Å². The van der Waals surface area contributed by atoms with Crippen LogP contribution in [0.5, 0.6) is 0 Å². The summed E-state index contributed by atoms with van der Waals surface area (Å²) < 4.78 is 27.1. The summed E-state index contributed by atoms with van der Waals surface area (Å²) in [7, 11) is -3.80. The quantitative estimate of drug-likeness (QED) is 0.922. The molecular weight excluding hydrogens is 336 g/mol. The second kappa shape index (κ2) is 6.31. The van der Waals surface area contributed by atoms with Crippen molar-refractivity contribution >= 4 is 27.5 Å². The molecule has 1 amide bonds. The molecule has 2 aromatic rings. The molecule has 1 aliphatic rings. The van der Waals surface area contributed by atoms with Crippen molar-refractivity contribution in [2.24, 2.45) is 0 Å². The van der Waals surface area contributed by atoms with Crippen LogP contribution >= 0.6 is 11.6 Å². The first-order valence-electron chi connectivity index (χ1n) is 7.11. The van der Waals surface area contributed by atoms with Crippen LogP contribution in [0.3, 0.4) is 0 Å². The topological polar surface area (TPSA) is 66.5 Å². The van der Waals surface area contributed by atoms with Crippen molar-refractivity contribution in [1.29, 1.82) is 0 Å². The van der Waals surface area contributed by atoms with Gasteiger partial charge in [0.1, 0.15) is 6.04 Å². The third kappa shape index (κ3) is 2.97.